The van der Waals surface area contributed by atoms with E-state index in [9.17, 15) is 14.4 Å². The van der Waals surface area contributed by atoms with Gasteiger partial charge in [-0.1, -0.05) is 24.3 Å². The lowest BCUT2D eigenvalue weighted by molar-refractivity contribution is -0.122. The minimum Gasteiger partial charge on any atom is -0.372 e. The van der Waals surface area contributed by atoms with E-state index in [4.69, 9.17) is 0 Å². The third-order valence-corrected chi connectivity index (χ3v) is 9.21. The molecule has 5 aliphatic rings. The normalized spacial score (nSPS) is 29.7. The summed E-state index contributed by atoms with van der Waals surface area (Å²) in [5.74, 6) is 1.29. The van der Waals surface area contributed by atoms with Gasteiger partial charge in [0.05, 0.1) is 5.69 Å². The van der Waals surface area contributed by atoms with Gasteiger partial charge >= 0.3 is 6.03 Å². The van der Waals surface area contributed by atoms with Gasteiger partial charge in [-0.15, -0.1) is 0 Å². The van der Waals surface area contributed by atoms with Crippen LogP contribution < -0.4 is 15.1 Å². The van der Waals surface area contributed by atoms with Gasteiger partial charge in [0.15, 0.2) is 0 Å². The molecule has 7 rings (SSSR count). The van der Waals surface area contributed by atoms with Crippen LogP contribution in [0.1, 0.15) is 63.5 Å². The molecule has 4 saturated carbocycles. The van der Waals surface area contributed by atoms with E-state index in [1.165, 1.54) is 44.1 Å². The van der Waals surface area contributed by atoms with Gasteiger partial charge in [0.2, 0.25) is 0 Å². The zero-order chi connectivity index (χ0) is 25.7. The Kier molecular flexibility index (Phi) is 5.93. The highest BCUT2D eigenvalue weighted by Gasteiger charge is 2.51. The minimum absolute atomic E-state index is 0.0413. The van der Waals surface area contributed by atoms with Crippen LogP contribution in [0.3, 0.4) is 0 Å². The molecule has 2 aromatic rings. The molecule has 6 nitrogen and oxygen atoms in total. The van der Waals surface area contributed by atoms with Gasteiger partial charge < -0.3 is 4.90 Å². The average Bonchev–Trinajstić information content (AvgIpc) is 2.87. The second kappa shape index (κ2) is 9.16. The van der Waals surface area contributed by atoms with E-state index in [0.717, 1.165) is 47.0 Å². The maximum atomic E-state index is 13.4. The zero-order valence-electron chi connectivity index (χ0n) is 21.7. The number of imide groups is 2. The molecule has 1 saturated heterocycles. The first-order chi connectivity index (χ1) is 17.9. The van der Waals surface area contributed by atoms with Crippen LogP contribution in [-0.4, -0.2) is 30.9 Å². The molecule has 6 heteroatoms. The Morgan fingerprint density at radius 1 is 0.865 bits per heavy atom. The molecule has 5 fully saturated rings. The number of urea groups is 1. The Labute approximate surface area is 218 Å². The fraction of sp³-hybridized carbons (Fsp3) is 0.452. The summed E-state index contributed by atoms with van der Waals surface area (Å²) < 4.78 is 0. The topological polar surface area (TPSA) is 69.7 Å². The number of hydrogen-bond donors (Lipinski definition) is 1. The van der Waals surface area contributed by atoms with Gasteiger partial charge in [0.25, 0.3) is 11.8 Å². The van der Waals surface area contributed by atoms with Crippen LogP contribution in [0.25, 0.3) is 6.08 Å². The quantitative estimate of drug-likeness (QED) is 0.413. The second-order valence-electron chi connectivity index (χ2n) is 11.5. The highest BCUT2D eigenvalue weighted by Crippen LogP contribution is 2.60. The summed E-state index contributed by atoms with van der Waals surface area (Å²) in [6, 6.07) is 15.0. The fourth-order valence-corrected chi connectivity index (χ4v) is 7.86. The van der Waals surface area contributed by atoms with Crippen molar-refractivity contribution in [3.8, 4) is 0 Å². The van der Waals surface area contributed by atoms with Crippen molar-refractivity contribution in [3.05, 3.63) is 65.2 Å². The maximum Gasteiger partial charge on any atom is 0.335 e. The number of nitrogens with one attached hydrogen (secondary N) is 1. The van der Waals surface area contributed by atoms with E-state index in [-0.39, 0.29) is 11.0 Å². The van der Waals surface area contributed by atoms with Crippen LogP contribution in [0.5, 0.6) is 0 Å². The number of anilines is 2. The van der Waals surface area contributed by atoms with E-state index < -0.39 is 17.8 Å². The van der Waals surface area contributed by atoms with Gasteiger partial charge in [-0.25, -0.2) is 9.69 Å². The summed E-state index contributed by atoms with van der Waals surface area (Å²) in [6.45, 7) is 6.00. The number of barbiturate groups is 1. The molecule has 1 heterocycles. The van der Waals surface area contributed by atoms with Gasteiger partial charge in [-0.05, 0) is 117 Å². The SMILES string of the molecule is CCN(CC)c1ccc(/C=C2\C(=O)NC(=O)N(c3ccc(C45CC6CC(CC(C6)C4)C5)cc3)C2=O)cc1. The Morgan fingerprint density at radius 3 is 1.97 bits per heavy atom. The average molecular weight is 498 g/mol. The molecule has 37 heavy (non-hydrogen) atoms. The third kappa shape index (κ3) is 4.16. The summed E-state index contributed by atoms with van der Waals surface area (Å²) in [5.41, 5.74) is 3.86. The standard InChI is InChI=1S/C31H35N3O3/c1-3-33(4-2)25-9-5-20(6-10-25)16-27-28(35)32-30(37)34(29(27)36)26-11-7-24(8-12-26)31-17-21-13-22(18-31)15-23(14-21)19-31/h5-12,16,21-23H,3-4,13-15,17-19H2,1-2H3,(H,32,35,37)/b27-16+. The fourth-order valence-electron chi connectivity index (χ4n) is 7.86. The van der Waals surface area contributed by atoms with E-state index in [2.05, 4.69) is 36.2 Å². The van der Waals surface area contributed by atoms with Crippen molar-refractivity contribution in [2.24, 2.45) is 17.8 Å². The second-order valence-corrected chi connectivity index (χ2v) is 11.5. The lowest BCUT2D eigenvalue weighted by atomic mass is 9.48. The minimum atomic E-state index is -0.702. The van der Waals surface area contributed by atoms with Crippen molar-refractivity contribution in [1.82, 2.24) is 5.32 Å². The number of nitrogens with zero attached hydrogens (tertiary/aromatic N) is 2. The molecule has 4 aliphatic carbocycles. The molecular formula is C31H35N3O3. The van der Waals surface area contributed by atoms with Crippen molar-refractivity contribution in [2.75, 3.05) is 22.9 Å². The van der Waals surface area contributed by atoms with Gasteiger partial charge in [0, 0.05) is 18.8 Å². The number of hydrogen-bond acceptors (Lipinski definition) is 4. The molecule has 0 aromatic heterocycles. The van der Waals surface area contributed by atoms with Gasteiger partial charge in [-0.3, -0.25) is 14.9 Å². The molecule has 192 valence electrons. The first-order valence-electron chi connectivity index (χ1n) is 13.8. The highest BCUT2D eigenvalue weighted by molar-refractivity contribution is 6.39. The van der Waals surface area contributed by atoms with Crippen molar-refractivity contribution in [1.29, 1.82) is 0 Å². The number of carbonyl (C=O) groups is 3. The van der Waals surface area contributed by atoms with Crippen LogP contribution in [0.2, 0.25) is 0 Å². The molecule has 0 radical (unpaired) electrons. The van der Waals surface area contributed by atoms with Crippen molar-refractivity contribution in [3.63, 3.8) is 0 Å². The molecule has 4 amide bonds. The summed E-state index contributed by atoms with van der Waals surface area (Å²) in [7, 11) is 0. The Balaban J connectivity index is 1.25. The molecule has 2 aromatic carbocycles. The third-order valence-electron chi connectivity index (χ3n) is 9.21. The Hall–Kier alpha value is -3.41. The lowest BCUT2D eigenvalue weighted by Crippen LogP contribution is -2.54. The van der Waals surface area contributed by atoms with Crippen molar-refractivity contribution < 1.29 is 14.4 Å². The van der Waals surface area contributed by atoms with Crippen LogP contribution >= 0.6 is 0 Å². The number of carbonyl (C=O) groups excluding carboxylic acids is 3. The van der Waals surface area contributed by atoms with Gasteiger partial charge in [-0.2, -0.15) is 0 Å². The smallest absolute Gasteiger partial charge is 0.335 e. The first kappa shape index (κ1) is 24.0. The predicted molar refractivity (Wildman–Crippen MR) is 145 cm³/mol. The van der Waals surface area contributed by atoms with E-state index >= 15 is 0 Å². The van der Waals surface area contributed by atoms with Crippen LogP contribution in [-0.2, 0) is 15.0 Å². The van der Waals surface area contributed by atoms with Crippen LogP contribution in [0.15, 0.2) is 54.1 Å². The van der Waals surface area contributed by atoms with Crippen LogP contribution in [0.4, 0.5) is 16.2 Å². The molecule has 1 N–H and O–H groups in total. The number of amides is 4. The maximum absolute atomic E-state index is 13.4. The number of benzene rings is 2. The van der Waals surface area contributed by atoms with E-state index in [1.807, 2.05) is 36.4 Å². The molecule has 0 atom stereocenters. The van der Waals surface area contributed by atoms with Crippen LogP contribution in [0, 0.1) is 17.8 Å². The summed E-state index contributed by atoms with van der Waals surface area (Å²) >= 11 is 0. The highest BCUT2D eigenvalue weighted by atomic mass is 16.2. The summed E-state index contributed by atoms with van der Waals surface area (Å²) in [6.07, 6.45) is 9.51. The zero-order valence-corrected chi connectivity index (χ0v) is 21.7. The summed E-state index contributed by atoms with van der Waals surface area (Å²) in [5, 5.41) is 2.35. The van der Waals surface area contributed by atoms with Gasteiger partial charge in [0.1, 0.15) is 5.57 Å². The first-order valence-corrected chi connectivity index (χ1v) is 13.8. The van der Waals surface area contributed by atoms with E-state index in [0.29, 0.717) is 5.69 Å². The van der Waals surface area contributed by atoms with Crippen molar-refractivity contribution in [2.45, 2.75) is 57.8 Å². The molecular weight excluding hydrogens is 462 g/mol. The predicted octanol–water partition coefficient (Wildman–Crippen LogP) is 5.67. The molecule has 0 spiro atoms. The largest absolute Gasteiger partial charge is 0.372 e. The van der Waals surface area contributed by atoms with Crippen molar-refractivity contribution >= 4 is 35.3 Å². The van der Waals surface area contributed by atoms with E-state index in [1.54, 1.807) is 6.08 Å². The summed E-state index contributed by atoms with van der Waals surface area (Å²) in [4.78, 5) is 42.1. The Bertz CT molecular complexity index is 1220. The Morgan fingerprint density at radius 2 is 1.43 bits per heavy atom. The molecule has 0 unspecified atom stereocenters. The monoisotopic (exact) mass is 497 g/mol. The lowest BCUT2D eigenvalue weighted by Gasteiger charge is -2.57. The molecule has 1 aliphatic heterocycles. The number of rotatable bonds is 6. The molecule has 4 bridgehead atoms.